The van der Waals surface area contributed by atoms with Crippen LogP contribution >= 0.6 is 0 Å². The van der Waals surface area contributed by atoms with Gasteiger partial charge in [0.15, 0.2) is 0 Å². The second-order valence-corrected chi connectivity index (χ2v) is 8.58. The van der Waals surface area contributed by atoms with Crippen molar-refractivity contribution in [2.75, 3.05) is 44.4 Å². The highest BCUT2D eigenvalue weighted by Gasteiger charge is 2.20. The highest BCUT2D eigenvalue weighted by Crippen LogP contribution is 2.23. The molecule has 0 aromatic carbocycles. The fourth-order valence-electron chi connectivity index (χ4n) is 3.28. The molecule has 0 bridgehead atoms. The van der Waals surface area contributed by atoms with E-state index in [-0.39, 0.29) is 24.1 Å². The molecule has 0 unspecified atom stereocenters. The average Bonchev–Trinajstić information content (AvgIpc) is 2.69. The highest BCUT2D eigenvalue weighted by atomic mass is 16.1. The van der Waals surface area contributed by atoms with Gasteiger partial charge < -0.3 is 30.8 Å². The van der Waals surface area contributed by atoms with Gasteiger partial charge in [0, 0.05) is 55.8 Å². The lowest BCUT2D eigenvalue weighted by Crippen LogP contribution is -2.31. The van der Waals surface area contributed by atoms with Crippen LogP contribution < -0.4 is 21.1 Å². The van der Waals surface area contributed by atoms with Crippen molar-refractivity contribution >= 4 is 23.8 Å². The number of aryl methyl sites for hydroxylation is 2. The van der Waals surface area contributed by atoms with Gasteiger partial charge in [-0.1, -0.05) is 0 Å². The second kappa shape index (κ2) is 10.9. The van der Waals surface area contributed by atoms with Crippen LogP contribution in [0.25, 0.3) is 0 Å². The number of carbonyl (C=O) groups is 1. The third-order valence-electron chi connectivity index (χ3n) is 5.05. The molecular weight excluding hydrogens is 406 g/mol. The minimum atomic E-state index is -0.362. The monoisotopic (exact) mass is 441 g/mol. The molecule has 0 saturated heterocycles. The maximum atomic E-state index is 13.2. The predicted molar refractivity (Wildman–Crippen MR) is 130 cm³/mol. The number of pyridine rings is 2. The van der Waals surface area contributed by atoms with E-state index >= 15 is 0 Å². The molecule has 2 aromatic rings. The highest BCUT2D eigenvalue weighted by molar-refractivity contribution is 6.05. The quantitative estimate of drug-likeness (QED) is 0.420. The number of H-pyrrole nitrogens is 1. The summed E-state index contributed by atoms with van der Waals surface area (Å²) in [6.07, 6.45) is 1.14. The normalized spacial score (nSPS) is 11.0. The Balaban J connectivity index is 2.40. The van der Waals surface area contributed by atoms with E-state index in [0.717, 1.165) is 30.6 Å². The zero-order chi connectivity index (χ0) is 24.0. The molecule has 2 heterocycles. The SMILES string of the molecule is Cc1cc(C)c(CNC(=O)c2cc(N(C)CCN(C)C)nc(NC(C)C)c2C=N)c(=O)[nH]1. The minimum absolute atomic E-state index is 0.0770. The lowest BCUT2D eigenvalue weighted by Gasteiger charge is -2.23. The summed E-state index contributed by atoms with van der Waals surface area (Å²) in [6, 6.07) is 3.65. The van der Waals surface area contributed by atoms with Crippen LogP contribution in [0.15, 0.2) is 16.9 Å². The van der Waals surface area contributed by atoms with Crippen molar-refractivity contribution in [2.24, 2.45) is 0 Å². The molecular formula is C23H35N7O2. The van der Waals surface area contributed by atoms with Crippen molar-refractivity contribution in [3.05, 3.63) is 50.4 Å². The molecule has 0 saturated carbocycles. The molecule has 4 N–H and O–H groups in total. The van der Waals surface area contributed by atoms with Crippen molar-refractivity contribution in [3.8, 4) is 0 Å². The molecule has 174 valence electrons. The van der Waals surface area contributed by atoms with E-state index < -0.39 is 0 Å². The molecule has 0 fully saturated rings. The number of carbonyl (C=O) groups excluding carboxylic acids is 1. The first-order valence-corrected chi connectivity index (χ1v) is 10.7. The van der Waals surface area contributed by atoms with Gasteiger partial charge >= 0.3 is 0 Å². The van der Waals surface area contributed by atoms with Crippen LogP contribution in [0.5, 0.6) is 0 Å². The number of nitrogens with one attached hydrogen (secondary N) is 4. The van der Waals surface area contributed by atoms with Gasteiger partial charge in [-0.05, 0) is 59.5 Å². The molecule has 1 amide bonds. The first-order valence-electron chi connectivity index (χ1n) is 10.7. The number of likely N-dealkylation sites (N-methyl/N-ethyl adjacent to an activating group) is 2. The van der Waals surface area contributed by atoms with E-state index in [9.17, 15) is 9.59 Å². The molecule has 0 radical (unpaired) electrons. The topological polar surface area (TPSA) is 117 Å². The molecule has 0 aliphatic rings. The van der Waals surface area contributed by atoms with Crippen LogP contribution in [0.3, 0.4) is 0 Å². The molecule has 9 heteroatoms. The number of hydrogen-bond acceptors (Lipinski definition) is 7. The van der Waals surface area contributed by atoms with Gasteiger partial charge in [0.2, 0.25) is 0 Å². The zero-order valence-electron chi connectivity index (χ0n) is 20.1. The summed E-state index contributed by atoms with van der Waals surface area (Å²) in [5.41, 5.74) is 2.65. The number of hydrogen-bond donors (Lipinski definition) is 4. The van der Waals surface area contributed by atoms with Crippen LogP contribution in [0.4, 0.5) is 11.6 Å². The summed E-state index contributed by atoms with van der Waals surface area (Å²) in [7, 11) is 5.92. The fraction of sp³-hybridized carbons (Fsp3) is 0.478. The molecule has 2 aromatic heterocycles. The summed E-state index contributed by atoms with van der Waals surface area (Å²) in [6.45, 7) is 9.27. The average molecular weight is 442 g/mol. The molecule has 32 heavy (non-hydrogen) atoms. The first kappa shape index (κ1) is 25.1. The van der Waals surface area contributed by atoms with Crippen LogP contribution in [0, 0.1) is 19.3 Å². The number of amides is 1. The van der Waals surface area contributed by atoms with Crippen LogP contribution in [0.1, 0.15) is 46.6 Å². The molecule has 2 rings (SSSR count). The molecule has 0 atom stereocenters. The predicted octanol–water partition coefficient (Wildman–Crippen LogP) is 2.13. The van der Waals surface area contributed by atoms with Gasteiger partial charge in [-0.25, -0.2) is 4.98 Å². The smallest absolute Gasteiger partial charge is 0.253 e. The van der Waals surface area contributed by atoms with Crippen molar-refractivity contribution in [2.45, 2.75) is 40.3 Å². The van der Waals surface area contributed by atoms with E-state index in [1.165, 1.54) is 0 Å². The van der Waals surface area contributed by atoms with E-state index in [0.29, 0.717) is 28.3 Å². The van der Waals surface area contributed by atoms with E-state index in [2.05, 4.69) is 25.5 Å². The Morgan fingerprint density at radius 3 is 2.47 bits per heavy atom. The largest absolute Gasteiger partial charge is 0.367 e. The Labute approximate surface area is 189 Å². The molecule has 0 aliphatic carbocycles. The van der Waals surface area contributed by atoms with Gasteiger partial charge in [-0.15, -0.1) is 0 Å². The van der Waals surface area contributed by atoms with E-state index in [1.54, 1.807) is 6.07 Å². The van der Waals surface area contributed by atoms with Crippen molar-refractivity contribution < 1.29 is 4.79 Å². The lowest BCUT2D eigenvalue weighted by molar-refractivity contribution is 0.0950. The lowest BCUT2D eigenvalue weighted by atomic mass is 10.1. The van der Waals surface area contributed by atoms with Crippen LogP contribution in [-0.4, -0.2) is 67.3 Å². The van der Waals surface area contributed by atoms with E-state index in [4.69, 9.17) is 5.41 Å². The van der Waals surface area contributed by atoms with Crippen molar-refractivity contribution in [1.29, 1.82) is 5.41 Å². The summed E-state index contributed by atoms with van der Waals surface area (Å²) in [4.78, 5) is 37.0. The number of aromatic amines is 1. The second-order valence-electron chi connectivity index (χ2n) is 8.58. The number of rotatable bonds is 10. The maximum absolute atomic E-state index is 13.2. The summed E-state index contributed by atoms with van der Waals surface area (Å²) < 4.78 is 0. The van der Waals surface area contributed by atoms with Crippen molar-refractivity contribution in [3.63, 3.8) is 0 Å². The van der Waals surface area contributed by atoms with E-state index in [1.807, 2.05) is 59.8 Å². The number of aromatic nitrogens is 2. The summed E-state index contributed by atoms with van der Waals surface area (Å²) >= 11 is 0. The Hall–Kier alpha value is -3.20. The van der Waals surface area contributed by atoms with Crippen molar-refractivity contribution in [1.82, 2.24) is 20.2 Å². The van der Waals surface area contributed by atoms with Crippen LogP contribution in [-0.2, 0) is 6.54 Å². The third-order valence-corrected chi connectivity index (χ3v) is 5.05. The Morgan fingerprint density at radius 2 is 1.91 bits per heavy atom. The Morgan fingerprint density at radius 1 is 1.22 bits per heavy atom. The Kier molecular flexibility index (Phi) is 8.54. The third kappa shape index (κ3) is 6.40. The molecule has 0 aliphatic heterocycles. The van der Waals surface area contributed by atoms with Gasteiger partial charge in [0.05, 0.1) is 5.56 Å². The van der Waals surface area contributed by atoms with Gasteiger partial charge in [0.25, 0.3) is 11.5 Å². The summed E-state index contributed by atoms with van der Waals surface area (Å²) in [5, 5.41) is 14.0. The van der Waals surface area contributed by atoms with Crippen LogP contribution in [0.2, 0.25) is 0 Å². The molecule has 0 spiro atoms. The van der Waals surface area contributed by atoms with Gasteiger partial charge in [-0.2, -0.15) is 0 Å². The minimum Gasteiger partial charge on any atom is -0.367 e. The summed E-state index contributed by atoms with van der Waals surface area (Å²) in [5.74, 6) is 0.758. The number of nitrogens with zero attached hydrogens (tertiary/aromatic N) is 3. The maximum Gasteiger partial charge on any atom is 0.253 e. The standard InChI is InChI=1S/C23H35N7O2/c1-14(2)26-21-18(12-24)17(11-20(28-21)30(7)9-8-29(5)6)22(31)25-13-19-15(3)10-16(4)27-23(19)32/h10-12,14,24H,8-9,13H2,1-7H3,(H,25,31)(H,26,28)(H,27,32). The first-order chi connectivity index (χ1) is 15.0. The van der Waals surface area contributed by atoms with Gasteiger partial charge in [-0.3, -0.25) is 9.59 Å². The molecule has 9 nitrogen and oxygen atoms in total. The fourth-order valence-corrected chi connectivity index (χ4v) is 3.28. The number of anilines is 2. The Bertz CT molecular complexity index is 1030. The van der Waals surface area contributed by atoms with Gasteiger partial charge in [0.1, 0.15) is 11.6 Å². The zero-order valence-corrected chi connectivity index (χ0v) is 20.1.